The van der Waals surface area contributed by atoms with Gasteiger partial charge in [-0.25, -0.2) is 4.79 Å². The summed E-state index contributed by atoms with van der Waals surface area (Å²) in [6.45, 7) is 7.49. The molecule has 2 aromatic rings. The Bertz CT molecular complexity index is 913. The van der Waals surface area contributed by atoms with E-state index < -0.39 is 0 Å². The first-order chi connectivity index (χ1) is 13.7. The van der Waals surface area contributed by atoms with Crippen molar-refractivity contribution in [2.45, 2.75) is 51.5 Å². The van der Waals surface area contributed by atoms with Gasteiger partial charge in [0, 0.05) is 29.6 Å². The molecule has 0 radical (unpaired) electrons. The standard InChI is InChI=1S/C21H27ClN4O3/c1-20(2,3)24-19(27)26-9-7-21(8-10-26)12-15(21)18-23-17(25-29-18)14-11-13(22)5-6-16(14)28-4/h5-6,11,15H,7-10,12H2,1-4H3,(H,24,27). The van der Waals surface area contributed by atoms with Crippen LogP contribution < -0.4 is 10.1 Å². The Labute approximate surface area is 175 Å². The van der Waals surface area contributed by atoms with E-state index in [1.54, 1.807) is 25.3 Å². The molecule has 2 fully saturated rings. The maximum atomic E-state index is 12.4. The summed E-state index contributed by atoms with van der Waals surface area (Å²) >= 11 is 6.12. The second-order valence-electron chi connectivity index (χ2n) is 9.09. The number of nitrogens with one attached hydrogen (secondary N) is 1. The predicted octanol–water partition coefficient (Wildman–Crippen LogP) is 4.48. The first-order valence-electron chi connectivity index (χ1n) is 9.95. The Morgan fingerprint density at radius 1 is 1.34 bits per heavy atom. The molecular formula is C21H27ClN4O3. The van der Waals surface area contributed by atoms with Gasteiger partial charge in [0.1, 0.15) is 5.75 Å². The Morgan fingerprint density at radius 3 is 2.72 bits per heavy atom. The first kappa shape index (κ1) is 20.0. The monoisotopic (exact) mass is 418 g/mol. The maximum absolute atomic E-state index is 12.4. The van der Waals surface area contributed by atoms with Gasteiger partial charge in [-0.1, -0.05) is 16.8 Å². The molecule has 1 aromatic carbocycles. The molecule has 1 aliphatic heterocycles. The van der Waals surface area contributed by atoms with E-state index in [-0.39, 0.29) is 22.9 Å². The molecule has 8 heteroatoms. The van der Waals surface area contributed by atoms with Crippen LogP contribution in [0.5, 0.6) is 5.75 Å². The maximum Gasteiger partial charge on any atom is 0.317 e. The zero-order valence-corrected chi connectivity index (χ0v) is 18.0. The van der Waals surface area contributed by atoms with E-state index in [9.17, 15) is 4.79 Å². The highest BCUT2D eigenvalue weighted by atomic mass is 35.5. The third-order valence-corrected chi connectivity index (χ3v) is 6.10. The second kappa shape index (κ2) is 7.20. The number of urea groups is 1. The van der Waals surface area contributed by atoms with Gasteiger partial charge in [-0.15, -0.1) is 0 Å². The minimum atomic E-state index is -0.226. The van der Waals surface area contributed by atoms with E-state index in [0.717, 1.165) is 37.9 Å². The van der Waals surface area contributed by atoms with Crippen LogP contribution in [0.1, 0.15) is 51.8 Å². The molecule has 1 aliphatic carbocycles. The van der Waals surface area contributed by atoms with Crippen molar-refractivity contribution in [3.63, 3.8) is 0 Å². The van der Waals surface area contributed by atoms with Crippen LogP contribution in [0.15, 0.2) is 22.7 Å². The zero-order valence-electron chi connectivity index (χ0n) is 17.3. The number of amides is 2. The van der Waals surface area contributed by atoms with Crippen LogP contribution in [0.4, 0.5) is 4.79 Å². The zero-order chi connectivity index (χ0) is 20.8. The summed E-state index contributed by atoms with van der Waals surface area (Å²) in [5.74, 6) is 2.06. The Balaban J connectivity index is 1.42. The SMILES string of the molecule is COc1ccc(Cl)cc1-c1noc(C2CC23CCN(C(=O)NC(C)(C)C)CC3)n1. The van der Waals surface area contributed by atoms with Gasteiger partial charge in [0.25, 0.3) is 0 Å². The summed E-state index contributed by atoms with van der Waals surface area (Å²) in [4.78, 5) is 18.9. The van der Waals surface area contributed by atoms with Crippen molar-refractivity contribution in [3.05, 3.63) is 29.1 Å². The highest BCUT2D eigenvalue weighted by Gasteiger charge is 2.58. The molecule has 1 aromatic heterocycles. The van der Waals surface area contributed by atoms with Crippen LogP contribution in [0.2, 0.25) is 5.02 Å². The molecule has 0 bridgehead atoms. The highest BCUT2D eigenvalue weighted by Crippen LogP contribution is 2.64. The third kappa shape index (κ3) is 4.06. The van der Waals surface area contributed by atoms with Gasteiger partial charge in [-0.2, -0.15) is 4.98 Å². The average molecular weight is 419 g/mol. The fourth-order valence-corrected chi connectivity index (χ4v) is 4.32. The second-order valence-corrected chi connectivity index (χ2v) is 9.52. The van der Waals surface area contributed by atoms with Gasteiger partial charge in [-0.3, -0.25) is 0 Å². The van der Waals surface area contributed by atoms with Gasteiger partial charge >= 0.3 is 6.03 Å². The summed E-state index contributed by atoms with van der Waals surface area (Å²) in [7, 11) is 1.60. The Morgan fingerprint density at radius 2 is 2.07 bits per heavy atom. The smallest absolute Gasteiger partial charge is 0.317 e. The van der Waals surface area contributed by atoms with Crippen molar-refractivity contribution in [2.24, 2.45) is 5.41 Å². The number of piperidine rings is 1. The van der Waals surface area contributed by atoms with E-state index in [1.807, 2.05) is 25.7 Å². The van der Waals surface area contributed by atoms with Crippen molar-refractivity contribution in [3.8, 4) is 17.1 Å². The number of benzene rings is 1. The third-order valence-electron chi connectivity index (χ3n) is 5.86. The van der Waals surface area contributed by atoms with Gasteiger partial charge in [0.15, 0.2) is 0 Å². The number of ether oxygens (including phenoxy) is 1. The number of hydrogen-bond donors (Lipinski definition) is 1. The van der Waals surface area contributed by atoms with Crippen LogP contribution in [0, 0.1) is 5.41 Å². The molecule has 1 saturated carbocycles. The van der Waals surface area contributed by atoms with Crippen molar-refractivity contribution in [2.75, 3.05) is 20.2 Å². The number of carbonyl (C=O) groups excluding carboxylic acids is 1. The van der Waals surface area contributed by atoms with Gasteiger partial charge in [0.05, 0.1) is 12.7 Å². The number of hydrogen-bond acceptors (Lipinski definition) is 5. The molecule has 2 heterocycles. The van der Waals surface area contributed by atoms with E-state index in [2.05, 4.69) is 15.5 Å². The van der Waals surface area contributed by atoms with E-state index >= 15 is 0 Å². The van der Waals surface area contributed by atoms with Crippen LogP contribution in [0.25, 0.3) is 11.4 Å². The van der Waals surface area contributed by atoms with E-state index in [1.165, 1.54) is 0 Å². The van der Waals surface area contributed by atoms with Crippen LogP contribution >= 0.6 is 11.6 Å². The van der Waals surface area contributed by atoms with Crippen molar-refractivity contribution in [1.29, 1.82) is 0 Å². The number of carbonyl (C=O) groups is 1. The highest BCUT2D eigenvalue weighted by molar-refractivity contribution is 6.30. The number of halogens is 1. The molecular weight excluding hydrogens is 392 g/mol. The van der Waals surface area contributed by atoms with Gasteiger partial charge in [-0.05, 0) is 63.6 Å². The average Bonchev–Trinajstić information content (AvgIpc) is 3.13. The predicted molar refractivity (Wildman–Crippen MR) is 110 cm³/mol. The first-order valence-corrected chi connectivity index (χ1v) is 10.3. The molecule has 7 nitrogen and oxygen atoms in total. The summed E-state index contributed by atoms with van der Waals surface area (Å²) in [5.41, 5.74) is 0.662. The van der Waals surface area contributed by atoms with Gasteiger partial charge < -0.3 is 19.5 Å². The molecule has 29 heavy (non-hydrogen) atoms. The molecule has 1 saturated heterocycles. The molecule has 1 atom stereocenters. The van der Waals surface area contributed by atoms with Crippen LogP contribution in [0.3, 0.4) is 0 Å². The summed E-state index contributed by atoms with van der Waals surface area (Å²) in [6.07, 6.45) is 2.93. The quantitative estimate of drug-likeness (QED) is 0.794. The largest absolute Gasteiger partial charge is 0.496 e. The number of likely N-dealkylation sites (tertiary alicyclic amines) is 1. The normalized spacial score (nSPS) is 20.6. The molecule has 2 amide bonds. The summed E-state index contributed by atoms with van der Waals surface area (Å²) < 4.78 is 11.0. The Hall–Kier alpha value is -2.28. The minimum Gasteiger partial charge on any atom is -0.496 e. The lowest BCUT2D eigenvalue weighted by Gasteiger charge is -2.34. The molecule has 1 N–H and O–H groups in total. The molecule has 2 aliphatic rings. The van der Waals surface area contributed by atoms with E-state index in [4.69, 9.17) is 20.9 Å². The van der Waals surface area contributed by atoms with Crippen LogP contribution in [-0.2, 0) is 0 Å². The van der Waals surface area contributed by atoms with Gasteiger partial charge in [0.2, 0.25) is 11.7 Å². The lowest BCUT2D eigenvalue weighted by molar-refractivity contribution is 0.154. The number of nitrogens with zero attached hydrogens (tertiary/aromatic N) is 3. The van der Waals surface area contributed by atoms with Crippen molar-refractivity contribution < 1.29 is 14.1 Å². The minimum absolute atomic E-state index is 0.0117. The number of rotatable bonds is 3. The van der Waals surface area contributed by atoms with E-state index in [0.29, 0.717) is 22.5 Å². The van der Waals surface area contributed by atoms with Crippen molar-refractivity contribution in [1.82, 2.24) is 20.4 Å². The summed E-state index contributed by atoms with van der Waals surface area (Å²) in [6, 6.07) is 5.36. The lowest BCUT2D eigenvalue weighted by Crippen LogP contribution is -2.51. The summed E-state index contributed by atoms with van der Waals surface area (Å²) in [5, 5.41) is 7.79. The fraction of sp³-hybridized carbons (Fsp3) is 0.571. The molecule has 1 unspecified atom stereocenters. The van der Waals surface area contributed by atoms with Crippen molar-refractivity contribution >= 4 is 17.6 Å². The molecule has 4 rings (SSSR count). The number of aromatic nitrogens is 2. The fourth-order valence-electron chi connectivity index (χ4n) is 4.15. The lowest BCUT2D eigenvalue weighted by atomic mass is 9.91. The molecule has 1 spiro atoms. The Kier molecular flexibility index (Phi) is 4.97. The molecule has 156 valence electrons. The topological polar surface area (TPSA) is 80.5 Å². The number of methoxy groups -OCH3 is 1. The van der Waals surface area contributed by atoms with Crippen LogP contribution in [-0.4, -0.2) is 46.8 Å².